The first-order chi connectivity index (χ1) is 11.4. The van der Waals surface area contributed by atoms with E-state index in [1.165, 1.54) is 12.1 Å². The van der Waals surface area contributed by atoms with Gasteiger partial charge in [-0.1, -0.05) is 12.1 Å². The molecule has 0 saturated heterocycles. The van der Waals surface area contributed by atoms with Crippen molar-refractivity contribution in [1.29, 1.82) is 0 Å². The van der Waals surface area contributed by atoms with Gasteiger partial charge in [0.15, 0.2) is 11.5 Å². The number of aromatic carboxylic acids is 1. The highest BCUT2D eigenvalue weighted by Crippen LogP contribution is 2.17. The predicted molar refractivity (Wildman–Crippen MR) is 85.2 cm³/mol. The van der Waals surface area contributed by atoms with E-state index in [9.17, 15) is 13.2 Å². The lowest BCUT2D eigenvalue weighted by Crippen LogP contribution is -2.25. The van der Waals surface area contributed by atoms with E-state index >= 15 is 0 Å². The average Bonchev–Trinajstić information content (AvgIpc) is 2.96. The normalized spacial score (nSPS) is 11.7. The molecule has 24 heavy (non-hydrogen) atoms. The van der Waals surface area contributed by atoms with Crippen molar-refractivity contribution in [3.8, 4) is 0 Å². The molecule has 124 valence electrons. The minimum Gasteiger partial charge on any atom is -0.478 e. The number of hydrogen-bond acceptors (Lipinski definition) is 5. The zero-order valence-corrected chi connectivity index (χ0v) is 13.5. The summed E-state index contributed by atoms with van der Waals surface area (Å²) < 4.78 is 29.1. The van der Waals surface area contributed by atoms with E-state index in [0.717, 1.165) is 6.07 Å². The Hall–Kier alpha value is -2.78. The zero-order chi connectivity index (χ0) is 17.3. The van der Waals surface area contributed by atoms with Gasteiger partial charge in [-0.15, -0.1) is 10.2 Å². The van der Waals surface area contributed by atoms with Crippen molar-refractivity contribution in [1.82, 2.24) is 19.3 Å². The van der Waals surface area contributed by atoms with E-state index in [2.05, 4.69) is 14.9 Å². The molecule has 0 unspecified atom stereocenters. The number of carbonyl (C=O) groups is 1. The molecule has 2 aromatic heterocycles. The van der Waals surface area contributed by atoms with Gasteiger partial charge in [-0.25, -0.2) is 17.9 Å². The van der Waals surface area contributed by atoms with Gasteiger partial charge >= 0.3 is 5.97 Å². The molecule has 9 heteroatoms. The van der Waals surface area contributed by atoms with Crippen LogP contribution in [0.4, 0.5) is 0 Å². The third kappa shape index (κ3) is 2.99. The summed E-state index contributed by atoms with van der Waals surface area (Å²) in [6, 6.07) is 9.31. The van der Waals surface area contributed by atoms with Gasteiger partial charge in [0.2, 0.25) is 10.0 Å². The van der Waals surface area contributed by atoms with Crippen molar-refractivity contribution < 1.29 is 18.3 Å². The maximum absolute atomic E-state index is 12.5. The van der Waals surface area contributed by atoms with E-state index in [4.69, 9.17) is 5.11 Å². The summed E-state index contributed by atoms with van der Waals surface area (Å²) in [5, 5.41) is 16.9. The molecule has 1 aromatic carbocycles. The summed E-state index contributed by atoms with van der Waals surface area (Å²) in [4.78, 5) is 11.0. The lowest BCUT2D eigenvalue weighted by Gasteiger charge is -2.09. The van der Waals surface area contributed by atoms with E-state index in [0.29, 0.717) is 17.0 Å². The fourth-order valence-corrected chi connectivity index (χ4v) is 3.52. The van der Waals surface area contributed by atoms with Gasteiger partial charge in [0, 0.05) is 6.20 Å². The summed E-state index contributed by atoms with van der Waals surface area (Å²) in [7, 11) is -3.89. The number of fused-ring (bicyclic) bond motifs is 1. The number of hydrogen-bond donors (Lipinski definition) is 2. The molecule has 3 rings (SSSR count). The Labute approximate surface area is 137 Å². The molecule has 0 aliphatic rings. The first-order valence-corrected chi connectivity index (χ1v) is 8.49. The van der Waals surface area contributed by atoms with Crippen LogP contribution >= 0.6 is 0 Å². The molecule has 0 radical (unpaired) electrons. The fraction of sp³-hybridized carbons (Fsp3) is 0.133. The number of carboxylic acid groups (broad SMARTS) is 1. The summed E-state index contributed by atoms with van der Waals surface area (Å²) in [6.45, 7) is 1.54. The molecule has 3 aromatic rings. The van der Waals surface area contributed by atoms with Gasteiger partial charge in [-0.2, -0.15) is 0 Å². The van der Waals surface area contributed by atoms with Crippen LogP contribution < -0.4 is 4.72 Å². The van der Waals surface area contributed by atoms with Crippen LogP contribution in [-0.4, -0.2) is 34.1 Å². The van der Waals surface area contributed by atoms with Crippen molar-refractivity contribution in [3.63, 3.8) is 0 Å². The van der Waals surface area contributed by atoms with Crippen molar-refractivity contribution in [2.24, 2.45) is 0 Å². The SMILES string of the molecule is Cc1ccc(C(=O)O)cc1S(=O)(=O)NCc1nnc2ccccn12. The monoisotopic (exact) mass is 346 g/mol. The molecule has 0 atom stereocenters. The molecule has 0 fully saturated rings. The highest BCUT2D eigenvalue weighted by Gasteiger charge is 2.19. The van der Waals surface area contributed by atoms with Gasteiger partial charge in [0.1, 0.15) is 0 Å². The third-order valence-electron chi connectivity index (χ3n) is 3.53. The molecule has 2 heterocycles. The zero-order valence-electron chi connectivity index (χ0n) is 12.7. The Morgan fingerprint density at radius 1 is 1.25 bits per heavy atom. The number of pyridine rings is 1. The second-order valence-corrected chi connectivity index (χ2v) is 6.89. The van der Waals surface area contributed by atoms with Gasteiger partial charge in [0.05, 0.1) is 17.0 Å². The summed E-state index contributed by atoms with van der Waals surface area (Å²) in [5.74, 6) is -0.754. The van der Waals surface area contributed by atoms with Crippen molar-refractivity contribution in [3.05, 3.63) is 59.5 Å². The molecule has 0 aliphatic heterocycles. The number of nitrogens with zero attached hydrogens (tertiary/aromatic N) is 3. The first-order valence-electron chi connectivity index (χ1n) is 7.01. The van der Waals surface area contributed by atoms with Crippen LogP contribution in [0.3, 0.4) is 0 Å². The number of rotatable bonds is 5. The maximum atomic E-state index is 12.5. The van der Waals surface area contributed by atoms with Crippen LogP contribution in [-0.2, 0) is 16.6 Å². The van der Waals surface area contributed by atoms with E-state index in [1.54, 1.807) is 35.7 Å². The number of aryl methyl sites for hydroxylation is 1. The fourth-order valence-electron chi connectivity index (χ4n) is 2.27. The van der Waals surface area contributed by atoms with Crippen molar-refractivity contribution >= 4 is 21.6 Å². The summed E-state index contributed by atoms with van der Waals surface area (Å²) in [6.07, 6.45) is 1.73. The Morgan fingerprint density at radius 2 is 2.04 bits per heavy atom. The smallest absolute Gasteiger partial charge is 0.335 e. The molecule has 2 N–H and O–H groups in total. The quantitative estimate of drug-likeness (QED) is 0.718. The number of nitrogens with one attached hydrogen (secondary N) is 1. The maximum Gasteiger partial charge on any atom is 0.335 e. The molecule has 0 aliphatic carbocycles. The van der Waals surface area contributed by atoms with Crippen molar-refractivity contribution in [2.45, 2.75) is 18.4 Å². The van der Waals surface area contributed by atoms with Crippen LogP contribution in [0.5, 0.6) is 0 Å². The largest absolute Gasteiger partial charge is 0.478 e. The number of benzene rings is 1. The molecule has 0 amide bonds. The van der Waals surface area contributed by atoms with E-state index in [1.807, 2.05) is 0 Å². The lowest BCUT2D eigenvalue weighted by atomic mass is 10.1. The summed E-state index contributed by atoms with van der Waals surface area (Å²) in [5.41, 5.74) is 0.975. The third-order valence-corrected chi connectivity index (χ3v) is 5.07. The molecule has 8 nitrogen and oxygen atoms in total. The molecule has 0 bridgehead atoms. The van der Waals surface area contributed by atoms with Crippen LogP contribution in [0.15, 0.2) is 47.5 Å². The predicted octanol–water partition coefficient (Wildman–Crippen LogP) is 1.21. The number of sulfonamides is 1. The lowest BCUT2D eigenvalue weighted by molar-refractivity contribution is 0.0696. The number of aromatic nitrogens is 3. The highest BCUT2D eigenvalue weighted by atomic mass is 32.2. The van der Waals surface area contributed by atoms with Crippen LogP contribution in [0.25, 0.3) is 5.65 Å². The molecule has 0 spiro atoms. The van der Waals surface area contributed by atoms with Crippen LogP contribution in [0.1, 0.15) is 21.7 Å². The minimum absolute atomic E-state index is 0.0652. The van der Waals surface area contributed by atoms with E-state index < -0.39 is 16.0 Å². The van der Waals surface area contributed by atoms with Gasteiger partial charge in [-0.05, 0) is 36.8 Å². The second-order valence-electron chi connectivity index (χ2n) is 5.16. The van der Waals surface area contributed by atoms with Gasteiger partial charge in [0.25, 0.3) is 0 Å². The van der Waals surface area contributed by atoms with Crippen LogP contribution in [0, 0.1) is 6.92 Å². The van der Waals surface area contributed by atoms with E-state index in [-0.39, 0.29) is 17.0 Å². The Kier molecular flexibility index (Phi) is 4.04. The summed E-state index contributed by atoms with van der Waals surface area (Å²) >= 11 is 0. The van der Waals surface area contributed by atoms with Crippen LogP contribution in [0.2, 0.25) is 0 Å². The average molecular weight is 346 g/mol. The Balaban J connectivity index is 1.89. The molecular weight excluding hydrogens is 332 g/mol. The minimum atomic E-state index is -3.89. The Bertz CT molecular complexity index is 1030. The second kappa shape index (κ2) is 6.02. The topological polar surface area (TPSA) is 114 Å². The number of carboxylic acids is 1. The highest BCUT2D eigenvalue weighted by molar-refractivity contribution is 7.89. The standard InChI is InChI=1S/C15H14N4O4S/c1-10-5-6-11(15(20)21)8-12(10)24(22,23)16-9-14-18-17-13-4-2-3-7-19(13)14/h2-8,16H,9H2,1H3,(H,20,21). The first kappa shape index (κ1) is 16.1. The molecule has 0 saturated carbocycles. The molecular formula is C15H14N4O4S. The Morgan fingerprint density at radius 3 is 2.79 bits per heavy atom. The van der Waals surface area contributed by atoms with Gasteiger partial charge < -0.3 is 5.11 Å². The van der Waals surface area contributed by atoms with Gasteiger partial charge in [-0.3, -0.25) is 4.40 Å². The van der Waals surface area contributed by atoms with Crippen molar-refractivity contribution in [2.75, 3.05) is 0 Å².